The van der Waals surface area contributed by atoms with Crippen molar-refractivity contribution < 1.29 is 18.7 Å². The average molecular weight is 372 g/mol. The van der Waals surface area contributed by atoms with Crippen LogP contribution in [0.2, 0.25) is 0 Å². The van der Waals surface area contributed by atoms with Crippen LogP contribution in [0.25, 0.3) is 0 Å². The molecule has 0 spiro atoms. The lowest BCUT2D eigenvalue weighted by Crippen LogP contribution is -2.41. The van der Waals surface area contributed by atoms with Gasteiger partial charge in [0.15, 0.2) is 0 Å². The lowest BCUT2D eigenvalue weighted by Gasteiger charge is -2.20. The Bertz CT molecular complexity index is 780. The maximum atomic E-state index is 13.7. The van der Waals surface area contributed by atoms with E-state index in [2.05, 4.69) is 5.32 Å². The van der Waals surface area contributed by atoms with Crippen LogP contribution in [0.15, 0.2) is 48.5 Å². The third kappa shape index (κ3) is 6.73. The van der Waals surface area contributed by atoms with Gasteiger partial charge < -0.3 is 15.0 Å². The number of ether oxygens (including phenoxy) is 1. The second-order valence-corrected chi connectivity index (χ2v) is 6.23. The van der Waals surface area contributed by atoms with Crippen LogP contribution < -0.4 is 10.1 Å². The normalized spacial score (nSPS) is 10.3. The third-order valence-corrected chi connectivity index (χ3v) is 4.26. The summed E-state index contributed by atoms with van der Waals surface area (Å²) in [6, 6.07) is 14.1. The van der Waals surface area contributed by atoms with Crippen LogP contribution in [0.1, 0.15) is 18.1 Å². The third-order valence-electron chi connectivity index (χ3n) is 4.26. The second kappa shape index (κ2) is 10.3. The largest absolute Gasteiger partial charge is 0.497 e. The number of carbonyl (C=O) groups is 2. The van der Waals surface area contributed by atoms with Gasteiger partial charge in [-0.2, -0.15) is 0 Å². The number of rotatable bonds is 9. The number of nitrogens with one attached hydrogen (secondary N) is 1. The molecular weight excluding hydrogens is 347 g/mol. The summed E-state index contributed by atoms with van der Waals surface area (Å²) in [4.78, 5) is 25.4. The quantitative estimate of drug-likeness (QED) is 0.736. The first kappa shape index (κ1) is 20.4. The van der Waals surface area contributed by atoms with E-state index in [0.29, 0.717) is 31.5 Å². The van der Waals surface area contributed by atoms with Crippen LogP contribution in [0.4, 0.5) is 4.39 Å². The Morgan fingerprint density at radius 1 is 1.11 bits per heavy atom. The first-order valence-electron chi connectivity index (χ1n) is 8.88. The molecule has 0 fully saturated rings. The van der Waals surface area contributed by atoms with E-state index in [1.54, 1.807) is 25.3 Å². The topological polar surface area (TPSA) is 58.6 Å². The molecule has 0 saturated carbocycles. The second-order valence-electron chi connectivity index (χ2n) is 6.23. The highest BCUT2D eigenvalue weighted by molar-refractivity contribution is 5.83. The molecule has 6 heteroatoms. The maximum Gasteiger partial charge on any atom is 0.239 e. The molecule has 27 heavy (non-hydrogen) atoms. The van der Waals surface area contributed by atoms with E-state index in [9.17, 15) is 14.0 Å². The predicted octanol–water partition coefficient (Wildman–Crippen LogP) is 2.58. The molecule has 0 aliphatic heterocycles. The number of halogens is 1. The van der Waals surface area contributed by atoms with E-state index >= 15 is 0 Å². The van der Waals surface area contributed by atoms with Crippen molar-refractivity contribution in [1.29, 1.82) is 0 Å². The van der Waals surface area contributed by atoms with Crippen LogP contribution >= 0.6 is 0 Å². The fourth-order valence-corrected chi connectivity index (χ4v) is 2.71. The van der Waals surface area contributed by atoms with Gasteiger partial charge in [-0.3, -0.25) is 9.59 Å². The minimum Gasteiger partial charge on any atom is -0.497 e. The summed E-state index contributed by atoms with van der Waals surface area (Å²) in [5.41, 5.74) is 1.58. The minimum atomic E-state index is -0.302. The highest BCUT2D eigenvalue weighted by Gasteiger charge is 2.14. The molecule has 0 aliphatic carbocycles. The molecule has 0 bridgehead atoms. The van der Waals surface area contributed by atoms with Gasteiger partial charge in [0.25, 0.3) is 0 Å². The summed E-state index contributed by atoms with van der Waals surface area (Å²) in [7, 11) is 1.61. The molecule has 0 heterocycles. The van der Waals surface area contributed by atoms with Crippen LogP contribution in [0, 0.1) is 5.82 Å². The van der Waals surface area contributed by atoms with Gasteiger partial charge >= 0.3 is 0 Å². The van der Waals surface area contributed by atoms with E-state index < -0.39 is 0 Å². The number of amides is 2. The van der Waals surface area contributed by atoms with E-state index in [-0.39, 0.29) is 24.2 Å². The fraction of sp³-hybridized carbons (Fsp3) is 0.333. The smallest absolute Gasteiger partial charge is 0.239 e. The van der Waals surface area contributed by atoms with E-state index in [4.69, 9.17) is 4.74 Å². The SMILES string of the molecule is COc1cccc(CCNC(=O)CN(CCc2ccccc2F)C(C)=O)c1. The highest BCUT2D eigenvalue weighted by Crippen LogP contribution is 2.12. The number of nitrogens with zero attached hydrogens (tertiary/aromatic N) is 1. The Balaban J connectivity index is 1.80. The Labute approximate surface area is 159 Å². The highest BCUT2D eigenvalue weighted by atomic mass is 19.1. The molecule has 0 unspecified atom stereocenters. The van der Waals surface area contributed by atoms with Gasteiger partial charge in [0.05, 0.1) is 13.7 Å². The van der Waals surface area contributed by atoms with E-state index in [1.165, 1.54) is 17.9 Å². The zero-order valence-corrected chi connectivity index (χ0v) is 15.7. The Kier molecular flexibility index (Phi) is 7.79. The minimum absolute atomic E-state index is 0.0398. The predicted molar refractivity (Wildman–Crippen MR) is 102 cm³/mol. The molecule has 0 atom stereocenters. The van der Waals surface area contributed by atoms with Crippen molar-refractivity contribution >= 4 is 11.8 Å². The van der Waals surface area contributed by atoms with Crippen molar-refractivity contribution in [2.24, 2.45) is 0 Å². The summed E-state index contributed by atoms with van der Waals surface area (Å²) in [6.07, 6.45) is 1.03. The van der Waals surface area contributed by atoms with Crippen LogP contribution in [-0.4, -0.2) is 43.5 Å². The van der Waals surface area contributed by atoms with Crippen molar-refractivity contribution in [2.45, 2.75) is 19.8 Å². The Morgan fingerprint density at radius 3 is 2.59 bits per heavy atom. The first-order valence-corrected chi connectivity index (χ1v) is 8.88. The molecule has 0 aliphatic rings. The molecule has 0 radical (unpaired) electrons. The first-order chi connectivity index (χ1) is 13.0. The van der Waals surface area contributed by atoms with Crippen molar-refractivity contribution in [3.8, 4) is 5.75 Å². The fourth-order valence-electron chi connectivity index (χ4n) is 2.71. The molecule has 0 aromatic heterocycles. The van der Waals surface area contributed by atoms with E-state index in [1.807, 2.05) is 24.3 Å². The summed E-state index contributed by atoms with van der Waals surface area (Å²) in [5, 5.41) is 2.82. The van der Waals surface area contributed by atoms with Crippen LogP contribution in [0.3, 0.4) is 0 Å². The number of hydrogen-bond acceptors (Lipinski definition) is 3. The van der Waals surface area contributed by atoms with Crippen molar-refractivity contribution in [1.82, 2.24) is 10.2 Å². The molecule has 5 nitrogen and oxygen atoms in total. The summed E-state index contributed by atoms with van der Waals surface area (Å²) >= 11 is 0. The van der Waals surface area contributed by atoms with Crippen molar-refractivity contribution in [3.63, 3.8) is 0 Å². The van der Waals surface area contributed by atoms with Gasteiger partial charge in [-0.15, -0.1) is 0 Å². The molecular formula is C21H25FN2O3. The van der Waals surface area contributed by atoms with Crippen molar-refractivity contribution in [3.05, 3.63) is 65.5 Å². The van der Waals surface area contributed by atoms with Gasteiger partial charge in [-0.25, -0.2) is 4.39 Å². The summed E-state index contributed by atoms with van der Waals surface area (Å²) in [5.74, 6) is 0.0226. The molecule has 2 aromatic rings. The number of benzene rings is 2. The van der Waals surface area contributed by atoms with Crippen LogP contribution in [0.5, 0.6) is 5.75 Å². The van der Waals surface area contributed by atoms with Gasteiger partial charge in [-0.05, 0) is 42.2 Å². The number of methoxy groups -OCH3 is 1. The van der Waals surface area contributed by atoms with Gasteiger partial charge in [0.1, 0.15) is 11.6 Å². The van der Waals surface area contributed by atoms with Crippen LogP contribution in [-0.2, 0) is 22.4 Å². The van der Waals surface area contributed by atoms with Gasteiger partial charge in [0, 0.05) is 20.0 Å². The Hall–Kier alpha value is -2.89. The van der Waals surface area contributed by atoms with Crippen molar-refractivity contribution in [2.75, 3.05) is 26.7 Å². The average Bonchev–Trinajstić information content (AvgIpc) is 2.66. The summed E-state index contributed by atoms with van der Waals surface area (Å²) < 4.78 is 18.9. The zero-order valence-electron chi connectivity index (χ0n) is 15.7. The number of hydrogen-bond donors (Lipinski definition) is 1. The molecule has 2 rings (SSSR count). The molecule has 2 aromatic carbocycles. The molecule has 1 N–H and O–H groups in total. The zero-order chi connectivity index (χ0) is 19.6. The maximum absolute atomic E-state index is 13.7. The monoisotopic (exact) mass is 372 g/mol. The van der Waals surface area contributed by atoms with Gasteiger partial charge in [0.2, 0.25) is 11.8 Å². The number of carbonyl (C=O) groups excluding carboxylic acids is 2. The molecule has 0 saturated heterocycles. The van der Waals surface area contributed by atoms with E-state index in [0.717, 1.165) is 11.3 Å². The lowest BCUT2D eigenvalue weighted by molar-refractivity contribution is -0.134. The molecule has 144 valence electrons. The molecule has 2 amide bonds. The lowest BCUT2D eigenvalue weighted by atomic mass is 10.1. The summed E-state index contributed by atoms with van der Waals surface area (Å²) in [6.45, 7) is 2.12. The Morgan fingerprint density at radius 2 is 1.89 bits per heavy atom. The standard InChI is InChI=1S/C21H25FN2O3/c1-16(25)24(13-11-18-7-3-4-9-20(18)22)15-21(26)23-12-10-17-6-5-8-19(14-17)27-2/h3-9,14H,10-13,15H2,1-2H3,(H,23,26). The van der Waals surface area contributed by atoms with Gasteiger partial charge in [-0.1, -0.05) is 30.3 Å².